The maximum atomic E-state index is 11.8. The van der Waals surface area contributed by atoms with Crippen LogP contribution in [0.15, 0.2) is 22.8 Å². The first-order chi connectivity index (χ1) is 10.1. The first-order valence-corrected chi connectivity index (χ1v) is 7.10. The van der Waals surface area contributed by atoms with Crippen LogP contribution in [0.5, 0.6) is 0 Å². The first kappa shape index (κ1) is 15.2. The summed E-state index contributed by atoms with van der Waals surface area (Å²) in [4.78, 5) is 11.8. The van der Waals surface area contributed by atoms with Gasteiger partial charge in [0.2, 0.25) is 5.91 Å². The third-order valence-electron chi connectivity index (χ3n) is 3.41. The number of nitrogens with zero attached hydrogens (tertiary/aromatic N) is 2. The van der Waals surface area contributed by atoms with E-state index < -0.39 is 0 Å². The van der Waals surface area contributed by atoms with Crippen molar-refractivity contribution in [1.82, 2.24) is 4.57 Å². The monoisotopic (exact) mass is 305 g/mol. The smallest absolute Gasteiger partial charge is 0.226 e. The van der Waals surface area contributed by atoms with Gasteiger partial charge in [-0.05, 0) is 31.5 Å². The largest absolute Gasteiger partial charge is 0.467 e. The van der Waals surface area contributed by atoms with Crippen LogP contribution in [0, 0.1) is 25.2 Å². The number of carbonyl (C=O) groups excluding carboxylic acids is 1. The number of carbonyl (C=O) groups is 1. The number of amides is 1. The van der Waals surface area contributed by atoms with Crippen LogP contribution in [0.1, 0.15) is 29.0 Å². The number of nitriles is 1. The molecule has 5 nitrogen and oxygen atoms in total. The molecule has 1 N–H and O–H groups in total. The molecule has 2 rings (SSSR count). The number of halogens is 1. The molecular formula is C15H16ClN3O2. The summed E-state index contributed by atoms with van der Waals surface area (Å²) < 4.78 is 7.22. The van der Waals surface area contributed by atoms with Crippen molar-refractivity contribution < 1.29 is 9.21 Å². The molecule has 2 aromatic heterocycles. The van der Waals surface area contributed by atoms with Gasteiger partial charge in [0.1, 0.15) is 17.6 Å². The number of furan rings is 1. The van der Waals surface area contributed by atoms with Crippen LogP contribution < -0.4 is 5.32 Å². The van der Waals surface area contributed by atoms with E-state index in [1.807, 2.05) is 24.5 Å². The number of rotatable bonds is 5. The number of aromatic nitrogens is 1. The number of anilines is 1. The highest BCUT2D eigenvalue weighted by molar-refractivity contribution is 6.19. The van der Waals surface area contributed by atoms with Gasteiger partial charge >= 0.3 is 0 Å². The van der Waals surface area contributed by atoms with Crippen molar-refractivity contribution in [3.05, 3.63) is 41.0 Å². The lowest BCUT2D eigenvalue weighted by Crippen LogP contribution is -2.16. The zero-order valence-electron chi connectivity index (χ0n) is 11.9. The minimum absolute atomic E-state index is 0.205. The molecule has 6 heteroatoms. The molecule has 0 spiro atoms. The number of hydrogen-bond donors (Lipinski definition) is 1. The van der Waals surface area contributed by atoms with E-state index in [0.717, 1.165) is 17.0 Å². The van der Waals surface area contributed by atoms with Crippen molar-refractivity contribution >= 4 is 23.3 Å². The Kier molecular flexibility index (Phi) is 4.71. The van der Waals surface area contributed by atoms with Crippen molar-refractivity contribution in [1.29, 1.82) is 5.26 Å². The summed E-state index contributed by atoms with van der Waals surface area (Å²) in [6.45, 7) is 4.23. The number of hydrogen-bond acceptors (Lipinski definition) is 3. The Hall–Kier alpha value is -2.19. The second-order valence-electron chi connectivity index (χ2n) is 4.70. The van der Waals surface area contributed by atoms with Crippen LogP contribution in [-0.2, 0) is 11.3 Å². The Morgan fingerprint density at radius 2 is 2.29 bits per heavy atom. The predicted octanol–water partition coefficient (Wildman–Crippen LogP) is 3.19. The van der Waals surface area contributed by atoms with Gasteiger partial charge in [0.15, 0.2) is 0 Å². The Bertz CT molecular complexity index is 681. The van der Waals surface area contributed by atoms with Crippen molar-refractivity contribution in [2.45, 2.75) is 26.8 Å². The van der Waals surface area contributed by atoms with Gasteiger partial charge in [-0.1, -0.05) is 0 Å². The molecule has 0 saturated carbocycles. The molecule has 0 atom stereocenters. The number of alkyl halides is 1. The lowest BCUT2D eigenvalue weighted by Gasteiger charge is -2.11. The van der Waals surface area contributed by atoms with Gasteiger partial charge in [-0.2, -0.15) is 5.26 Å². The lowest BCUT2D eigenvalue weighted by atomic mass is 10.2. The Balaban J connectivity index is 2.42. The molecule has 0 aromatic carbocycles. The van der Waals surface area contributed by atoms with Crippen LogP contribution in [-0.4, -0.2) is 16.4 Å². The van der Waals surface area contributed by atoms with Gasteiger partial charge in [0, 0.05) is 18.0 Å². The van der Waals surface area contributed by atoms with E-state index in [-0.39, 0.29) is 18.2 Å². The minimum atomic E-state index is -0.209. The Morgan fingerprint density at radius 1 is 1.52 bits per heavy atom. The maximum Gasteiger partial charge on any atom is 0.226 e. The molecule has 0 aliphatic heterocycles. The maximum absolute atomic E-state index is 11.8. The van der Waals surface area contributed by atoms with E-state index in [1.54, 1.807) is 12.3 Å². The van der Waals surface area contributed by atoms with E-state index in [1.165, 1.54) is 0 Å². The highest BCUT2D eigenvalue weighted by Gasteiger charge is 2.20. The molecule has 1 amide bonds. The van der Waals surface area contributed by atoms with Crippen molar-refractivity contribution in [3.8, 4) is 6.07 Å². The van der Waals surface area contributed by atoms with E-state index in [2.05, 4.69) is 11.4 Å². The summed E-state index contributed by atoms with van der Waals surface area (Å²) in [5.41, 5.74) is 2.25. The van der Waals surface area contributed by atoms with E-state index in [4.69, 9.17) is 16.0 Å². The fraction of sp³-hybridized carbons (Fsp3) is 0.333. The third kappa shape index (κ3) is 3.11. The molecule has 21 heavy (non-hydrogen) atoms. The standard InChI is InChI=1S/C15H16ClN3O2/c1-10-11(2)19(9-12-4-3-7-21-12)15(13(10)8-17)18-14(20)5-6-16/h3-4,7H,5-6,9H2,1-2H3,(H,18,20). The van der Waals surface area contributed by atoms with Crippen LogP contribution in [0.25, 0.3) is 0 Å². The quantitative estimate of drug-likeness (QED) is 0.862. The topological polar surface area (TPSA) is 71.0 Å². The Labute approximate surface area is 128 Å². The summed E-state index contributed by atoms with van der Waals surface area (Å²) in [6, 6.07) is 5.81. The van der Waals surface area contributed by atoms with Crippen LogP contribution in [0.2, 0.25) is 0 Å². The first-order valence-electron chi connectivity index (χ1n) is 6.56. The van der Waals surface area contributed by atoms with Gasteiger partial charge in [-0.3, -0.25) is 4.79 Å². The summed E-state index contributed by atoms with van der Waals surface area (Å²) in [5.74, 6) is 1.29. The molecule has 0 saturated heterocycles. The Morgan fingerprint density at radius 3 is 2.86 bits per heavy atom. The van der Waals surface area contributed by atoms with Gasteiger partial charge < -0.3 is 14.3 Å². The molecule has 110 valence electrons. The molecule has 0 aliphatic carbocycles. The average Bonchev–Trinajstić information content (AvgIpc) is 3.03. The van der Waals surface area contributed by atoms with Gasteiger partial charge in [0.05, 0.1) is 18.4 Å². The highest BCUT2D eigenvalue weighted by atomic mass is 35.5. The van der Waals surface area contributed by atoms with Gasteiger partial charge in [-0.25, -0.2) is 0 Å². The zero-order valence-corrected chi connectivity index (χ0v) is 12.7. The highest BCUT2D eigenvalue weighted by Crippen LogP contribution is 2.27. The fourth-order valence-electron chi connectivity index (χ4n) is 2.17. The molecule has 2 heterocycles. The van der Waals surface area contributed by atoms with E-state index in [9.17, 15) is 10.1 Å². The number of nitrogens with one attached hydrogen (secondary N) is 1. The third-order valence-corrected chi connectivity index (χ3v) is 3.60. The molecular weight excluding hydrogens is 290 g/mol. The van der Waals surface area contributed by atoms with Crippen LogP contribution in [0.4, 0.5) is 5.82 Å². The van der Waals surface area contributed by atoms with Crippen LogP contribution >= 0.6 is 11.6 Å². The van der Waals surface area contributed by atoms with Crippen molar-refractivity contribution in [3.63, 3.8) is 0 Å². The fourth-order valence-corrected chi connectivity index (χ4v) is 2.34. The molecule has 0 fully saturated rings. The van der Waals surface area contributed by atoms with Crippen molar-refractivity contribution in [2.75, 3.05) is 11.2 Å². The van der Waals surface area contributed by atoms with Crippen LogP contribution in [0.3, 0.4) is 0 Å². The summed E-state index contributed by atoms with van der Waals surface area (Å²) in [7, 11) is 0. The molecule has 0 bridgehead atoms. The lowest BCUT2D eigenvalue weighted by molar-refractivity contribution is -0.115. The summed E-state index contributed by atoms with van der Waals surface area (Å²) in [6.07, 6.45) is 1.80. The van der Waals surface area contributed by atoms with E-state index in [0.29, 0.717) is 17.9 Å². The van der Waals surface area contributed by atoms with E-state index >= 15 is 0 Å². The molecule has 0 unspecified atom stereocenters. The van der Waals surface area contributed by atoms with Crippen molar-refractivity contribution in [2.24, 2.45) is 0 Å². The zero-order chi connectivity index (χ0) is 15.4. The second kappa shape index (κ2) is 6.51. The molecule has 0 aliphatic rings. The predicted molar refractivity (Wildman–Crippen MR) is 80.4 cm³/mol. The second-order valence-corrected chi connectivity index (χ2v) is 5.08. The SMILES string of the molecule is Cc1c(C#N)c(NC(=O)CCCl)n(Cc2ccco2)c1C. The molecule has 0 radical (unpaired) electrons. The summed E-state index contributed by atoms with van der Waals surface area (Å²) >= 11 is 5.58. The normalized spacial score (nSPS) is 10.4. The van der Waals surface area contributed by atoms with Gasteiger partial charge in [0.25, 0.3) is 0 Å². The summed E-state index contributed by atoms with van der Waals surface area (Å²) in [5, 5.41) is 12.1. The minimum Gasteiger partial charge on any atom is -0.467 e. The van der Waals surface area contributed by atoms with Gasteiger partial charge in [-0.15, -0.1) is 11.6 Å². The molecule has 2 aromatic rings. The average molecular weight is 306 g/mol.